The molecular formula is C22H31N3O3. The number of aryl methyl sites for hydroxylation is 2. The van der Waals surface area contributed by atoms with Crippen LogP contribution in [0.25, 0.3) is 0 Å². The van der Waals surface area contributed by atoms with Gasteiger partial charge < -0.3 is 19.5 Å². The van der Waals surface area contributed by atoms with Gasteiger partial charge in [-0.05, 0) is 64.9 Å². The monoisotopic (exact) mass is 385 g/mol. The minimum absolute atomic E-state index is 0.0924. The van der Waals surface area contributed by atoms with Crippen molar-refractivity contribution in [2.75, 3.05) is 26.2 Å². The highest BCUT2D eigenvalue weighted by Gasteiger charge is 2.15. The van der Waals surface area contributed by atoms with Crippen molar-refractivity contribution in [1.29, 1.82) is 0 Å². The topological polar surface area (TPSA) is 67.6 Å². The van der Waals surface area contributed by atoms with Gasteiger partial charge in [0.15, 0.2) is 0 Å². The molecule has 0 spiro atoms. The first-order valence-electron chi connectivity index (χ1n) is 10.3. The molecule has 0 aliphatic carbocycles. The van der Waals surface area contributed by atoms with E-state index in [-0.39, 0.29) is 5.91 Å². The Morgan fingerprint density at radius 2 is 1.93 bits per heavy atom. The predicted octanol–water partition coefficient (Wildman–Crippen LogP) is 3.87. The number of benzene rings is 1. The zero-order valence-corrected chi connectivity index (χ0v) is 17.0. The molecule has 6 nitrogen and oxygen atoms in total. The van der Waals surface area contributed by atoms with Gasteiger partial charge in [-0.3, -0.25) is 4.79 Å². The van der Waals surface area contributed by atoms with Crippen molar-refractivity contribution >= 4 is 5.91 Å². The van der Waals surface area contributed by atoms with E-state index < -0.39 is 0 Å². The van der Waals surface area contributed by atoms with Crippen LogP contribution in [-0.2, 0) is 6.61 Å². The number of hydrogen-bond donors (Lipinski definition) is 1. The summed E-state index contributed by atoms with van der Waals surface area (Å²) in [5.41, 5.74) is 2.30. The number of carbonyl (C=O) groups excluding carboxylic acids is 1. The summed E-state index contributed by atoms with van der Waals surface area (Å²) in [5, 5.41) is 6.98. The fraction of sp³-hybridized carbons (Fsp3) is 0.545. The second-order valence-corrected chi connectivity index (χ2v) is 7.45. The molecular weight excluding hydrogens is 354 g/mol. The Kier molecular flexibility index (Phi) is 7.48. The van der Waals surface area contributed by atoms with E-state index in [2.05, 4.69) is 15.4 Å². The zero-order chi connectivity index (χ0) is 19.8. The number of rotatable bonds is 8. The Morgan fingerprint density at radius 3 is 2.64 bits per heavy atom. The van der Waals surface area contributed by atoms with Crippen LogP contribution in [0.3, 0.4) is 0 Å². The Bertz CT molecular complexity index is 745. The smallest absolute Gasteiger partial charge is 0.255 e. The minimum Gasteiger partial charge on any atom is -0.488 e. The number of nitrogens with zero attached hydrogens (tertiary/aromatic N) is 2. The molecule has 28 heavy (non-hydrogen) atoms. The number of aromatic nitrogens is 1. The summed E-state index contributed by atoms with van der Waals surface area (Å²) in [6.45, 7) is 8.18. The van der Waals surface area contributed by atoms with Crippen molar-refractivity contribution in [2.45, 2.75) is 52.6 Å². The van der Waals surface area contributed by atoms with E-state index in [1.807, 2.05) is 32.0 Å². The van der Waals surface area contributed by atoms with E-state index in [0.717, 1.165) is 30.0 Å². The standard InChI is InChI=1S/C22H31N3O3/c1-17-20(18(2)28-24-17)16-27-21-11-6-5-10-19(21)22(26)23-12-9-15-25-13-7-3-4-8-14-25/h5-6,10-11H,3-4,7-9,12-16H2,1-2H3,(H,23,26). The molecule has 0 radical (unpaired) electrons. The molecule has 1 fully saturated rings. The lowest BCUT2D eigenvalue weighted by atomic mass is 10.1. The first-order chi connectivity index (χ1) is 13.6. The summed E-state index contributed by atoms with van der Waals surface area (Å²) in [5.74, 6) is 1.23. The first-order valence-corrected chi connectivity index (χ1v) is 10.3. The number of hydrogen-bond acceptors (Lipinski definition) is 5. The molecule has 2 aromatic rings. The second kappa shape index (κ2) is 10.3. The quantitative estimate of drug-likeness (QED) is 0.699. The van der Waals surface area contributed by atoms with E-state index in [1.165, 1.54) is 38.8 Å². The molecule has 1 aromatic carbocycles. The van der Waals surface area contributed by atoms with Gasteiger partial charge >= 0.3 is 0 Å². The third kappa shape index (κ3) is 5.58. The first kappa shape index (κ1) is 20.4. The zero-order valence-electron chi connectivity index (χ0n) is 17.0. The van der Waals surface area contributed by atoms with Crippen molar-refractivity contribution < 1.29 is 14.1 Å². The maximum Gasteiger partial charge on any atom is 0.255 e. The van der Waals surface area contributed by atoms with E-state index in [1.54, 1.807) is 6.07 Å². The van der Waals surface area contributed by atoms with Gasteiger partial charge in [-0.2, -0.15) is 0 Å². The summed E-state index contributed by atoms with van der Waals surface area (Å²) in [4.78, 5) is 15.1. The fourth-order valence-corrected chi connectivity index (χ4v) is 3.60. The van der Waals surface area contributed by atoms with Gasteiger partial charge in [-0.15, -0.1) is 0 Å². The van der Waals surface area contributed by atoms with Crippen LogP contribution in [-0.4, -0.2) is 42.1 Å². The number of amides is 1. The molecule has 1 aliphatic heterocycles. The van der Waals surface area contributed by atoms with Crippen molar-refractivity contribution in [3.05, 3.63) is 46.8 Å². The Morgan fingerprint density at radius 1 is 1.18 bits per heavy atom. The van der Waals surface area contributed by atoms with Gasteiger partial charge in [0.2, 0.25) is 0 Å². The van der Waals surface area contributed by atoms with Crippen LogP contribution in [0.4, 0.5) is 0 Å². The lowest BCUT2D eigenvalue weighted by Crippen LogP contribution is -2.30. The molecule has 0 saturated carbocycles. The highest BCUT2D eigenvalue weighted by atomic mass is 16.5. The summed E-state index contributed by atoms with van der Waals surface area (Å²) >= 11 is 0. The molecule has 1 aliphatic rings. The molecule has 1 amide bonds. The van der Waals surface area contributed by atoms with Gasteiger partial charge in [0.25, 0.3) is 5.91 Å². The van der Waals surface area contributed by atoms with Gasteiger partial charge in [0.05, 0.1) is 16.8 Å². The maximum atomic E-state index is 12.6. The SMILES string of the molecule is Cc1noc(C)c1COc1ccccc1C(=O)NCCCN1CCCCCC1. The van der Waals surface area contributed by atoms with Crippen LogP contribution in [0.2, 0.25) is 0 Å². The fourth-order valence-electron chi connectivity index (χ4n) is 3.60. The number of likely N-dealkylation sites (tertiary alicyclic amines) is 1. The molecule has 0 bridgehead atoms. The summed E-state index contributed by atoms with van der Waals surface area (Å²) < 4.78 is 11.1. The van der Waals surface area contributed by atoms with Gasteiger partial charge in [-0.1, -0.05) is 30.1 Å². The van der Waals surface area contributed by atoms with Crippen LogP contribution >= 0.6 is 0 Å². The van der Waals surface area contributed by atoms with Crippen LogP contribution in [0.1, 0.15) is 59.5 Å². The van der Waals surface area contributed by atoms with Crippen molar-refractivity contribution in [1.82, 2.24) is 15.4 Å². The Labute approximate surface area is 167 Å². The van der Waals surface area contributed by atoms with Gasteiger partial charge in [0.1, 0.15) is 18.1 Å². The molecule has 152 valence electrons. The highest BCUT2D eigenvalue weighted by molar-refractivity contribution is 5.96. The van der Waals surface area contributed by atoms with Crippen molar-refractivity contribution in [2.24, 2.45) is 0 Å². The van der Waals surface area contributed by atoms with E-state index >= 15 is 0 Å². The molecule has 0 unspecified atom stereocenters. The van der Waals surface area contributed by atoms with Crippen LogP contribution in [0, 0.1) is 13.8 Å². The Hall–Kier alpha value is -2.34. The highest BCUT2D eigenvalue weighted by Crippen LogP contribution is 2.21. The van der Waals surface area contributed by atoms with E-state index in [0.29, 0.717) is 24.5 Å². The van der Waals surface area contributed by atoms with Crippen molar-refractivity contribution in [3.63, 3.8) is 0 Å². The molecule has 0 atom stereocenters. The number of nitrogens with one attached hydrogen (secondary N) is 1. The van der Waals surface area contributed by atoms with Gasteiger partial charge in [0, 0.05) is 6.54 Å². The molecule has 6 heteroatoms. The molecule has 3 rings (SSSR count). The third-order valence-electron chi connectivity index (χ3n) is 5.32. The largest absolute Gasteiger partial charge is 0.488 e. The lowest BCUT2D eigenvalue weighted by Gasteiger charge is -2.19. The molecule has 2 heterocycles. The number of carbonyl (C=O) groups is 1. The van der Waals surface area contributed by atoms with Crippen LogP contribution in [0.5, 0.6) is 5.75 Å². The summed E-state index contributed by atoms with van der Waals surface area (Å²) in [7, 11) is 0. The minimum atomic E-state index is -0.0924. The molecule has 1 saturated heterocycles. The molecule has 1 N–H and O–H groups in total. The Balaban J connectivity index is 1.49. The van der Waals surface area contributed by atoms with Crippen molar-refractivity contribution in [3.8, 4) is 5.75 Å². The number of para-hydroxylation sites is 1. The summed E-state index contributed by atoms with van der Waals surface area (Å²) in [6, 6.07) is 7.35. The van der Waals surface area contributed by atoms with E-state index in [4.69, 9.17) is 9.26 Å². The number of ether oxygens (including phenoxy) is 1. The van der Waals surface area contributed by atoms with Crippen LogP contribution in [0.15, 0.2) is 28.8 Å². The lowest BCUT2D eigenvalue weighted by molar-refractivity contribution is 0.0947. The molecule has 1 aromatic heterocycles. The van der Waals surface area contributed by atoms with Crippen LogP contribution < -0.4 is 10.1 Å². The summed E-state index contributed by atoms with van der Waals surface area (Å²) in [6.07, 6.45) is 6.24. The van der Waals surface area contributed by atoms with E-state index in [9.17, 15) is 4.79 Å². The predicted molar refractivity (Wildman–Crippen MR) is 109 cm³/mol. The second-order valence-electron chi connectivity index (χ2n) is 7.45. The van der Waals surface area contributed by atoms with Gasteiger partial charge in [-0.25, -0.2) is 0 Å². The maximum absolute atomic E-state index is 12.6. The third-order valence-corrected chi connectivity index (χ3v) is 5.32. The normalized spacial score (nSPS) is 15.2. The average molecular weight is 386 g/mol. The average Bonchev–Trinajstić information content (AvgIpc) is 2.89.